The second-order valence-corrected chi connectivity index (χ2v) is 4.79. The van der Waals surface area contributed by atoms with Gasteiger partial charge in [0.05, 0.1) is 0 Å². The van der Waals surface area contributed by atoms with Crippen LogP contribution in [0, 0.1) is 0 Å². The van der Waals surface area contributed by atoms with Gasteiger partial charge in [-0.2, -0.15) is 0 Å². The van der Waals surface area contributed by atoms with Crippen LogP contribution in [0.3, 0.4) is 0 Å². The van der Waals surface area contributed by atoms with Crippen LogP contribution in [0.15, 0.2) is 0 Å². The van der Waals surface area contributed by atoms with Gasteiger partial charge in [-0.05, 0) is 14.1 Å². The van der Waals surface area contributed by atoms with E-state index < -0.39 is 0 Å². The molecule has 0 rings (SSSR count). The number of carbonyl (C=O) groups excluding carboxylic acids is 2. The third-order valence-corrected chi connectivity index (χ3v) is 3.13. The molecule has 0 aliphatic heterocycles. The first-order chi connectivity index (χ1) is 9.63. The van der Waals surface area contributed by atoms with E-state index in [1.807, 2.05) is 21.0 Å². The molecule has 6 nitrogen and oxygen atoms in total. The molecule has 0 radical (unpaired) electrons. The monoisotopic (exact) mass is 286 g/mol. The maximum Gasteiger partial charge on any atom is 0.220 e. The Morgan fingerprint density at radius 2 is 1.45 bits per heavy atom. The van der Waals surface area contributed by atoms with Crippen LogP contribution in [0.5, 0.6) is 0 Å². The number of ketones is 1. The fraction of sp³-hybridized carbons (Fsp3) is 0.857. The molecule has 1 amide bonds. The van der Waals surface area contributed by atoms with Gasteiger partial charge >= 0.3 is 0 Å². The van der Waals surface area contributed by atoms with Crippen LogP contribution in [-0.4, -0.2) is 70.0 Å². The number of rotatable bonds is 13. The lowest BCUT2D eigenvalue weighted by molar-refractivity contribution is -0.125. The van der Waals surface area contributed by atoms with Gasteiger partial charge in [0.1, 0.15) is 5.78 Å². The van der Waals surface area contributed by atoms with Crippen molar-refractivity contribution >= 4 is 11.7 Å². The van der Waals surface area contributed by atoms with Crippen molar-refractivity contribution in [1.29, 1.82) is 0 Å². The van der Waals surface area contributed by atoms with Crippen molar-refractivity contribution in [2.24, 2.45) is 0 Å². The number of nitrogens with zero attached hydrogens (tertiary/aromatic N) is 1. The van der Waals surface area contributed by atoms with Crippen LogP contribution in [0.1, 0.15) is 26.2 Å². The Labute approximate surface area is 122 Å². The van der Waals surface area contributed by atoms with Gasteiger partial charge in [0.25, 0.3) is 0 Å². The number of carbonyl (C=O) groups is 2. The van der Waals surface area contributed by atoms with Crippen molar-refractivity contribution in [3.05, 3.63) is 0 Å². The molecule has 6 heteroatoms. The van der Waals surface area contributed by atoms with Crippen LogP contribution >= 0.6 is 0 Å². The molecule has 0 aromatic heterocycles. The Morgan fingerprint density at radius 3 is 1.95 bits per heavy atom. The third kappa shape index (κ3) is 10.9. The van der Waals surface area contributed by atoms with Gasteiger partial charge in [-0.1, -0.05) is 6.92 Å². The summed E-state index contributed by atoms with van der Waals surface area (Å²) in [5, 5.41) is 9.12. The minimum Gasteiger partial charge on any atom is -0.355 e. The molecule has 0 saturated carbocycles. The van der Waals surface area contributed by atoms with E-state index in [2.05, 4.69) is 20.9 Å². The predicted molar refractivity (Wildman–Crippen MR) is 81.8 cm³/mol. The van der Waals surface area contributed by atoms with Gasteiger partial charge in [-0.25, -0.2) is 0 Å². The maximum absolute atomic E-state index is 11.6. The average molecular weight is 286 g/mol. The van der Waals surface area contributed by atoms with E-state index in [-0.39, 0.29) is 11.7 Å². The second kappa shape index (κ2) is 13.0. The normalized spacial score (nSPS) is 10.8. The predicted octanol–water partition coefficient (Wildman–Crippen LogP) is -0.397. The van der Waals surface area contributed by atoms with Crippen LogP contribution in [0.25, 0.3) is 0 Å². The zero-order valence-corrected chi connectivity index (χ0v) is 13.1. The molecule has 0 bridgehead atoms. The van der Waals surface area contributed by atoms with Gasteiger partial charge < -0.3 is 16.0 Å². The molecule has 0 unspecified atom stereocenters. The number of hydrogen-bond donors (Lipinski definition) is 3. The second-order valence-electron chi connectivity index (χ2n) is 4.79. The Morgan fingerprint density at radius 1 is 0.900 bits per heavy atom. The van der Waals surface area contributed by atoms with E-state index in [4.69, 9.17) is 0 Å². The molecule has 3 N–H and O–H groups in total. The van der Waals surface area contributed by atoms with Crippen LogP contribution < -0.4 is 16.0 Å². The Hall–Kier alpha value is -0.980. The molecule has 0 aliphatic rings. The molecule has 0 saturated heterocycles. The molecule has 0 aliphatic carbocycles. The van der Waals surface area contributed by atoms with Crippen molar-refractivity contribution in [1.82, 2.24) is 20.9 Å². The summed E-state index contributed by atoms with van der Waals surface area (Å²) in [5.41, 5.74) is 0. The van der Waals surface area contributed by atoms with Crippen molar-refractivity contribution in [3.63, 3.8) is 0 Å². The van der Waals surface area contributed by atoms with Crippen molar-refractivity contribution < 1.29 is 9.59 Å². The fourth-order valence-corrected chi connectivity index (χ4v) is 1.75. The van der Waals surface area contributed by atoms with E-state index in [0.29, 0.717) is 25.8 Å². The summed E-state index contributed by atoms with van der Waals surface area (Å²) in [7, 11) is 3.87. The Balaban J connectivity index is 3.79. The lowest BCUT2D eigenvalue weighted by Gasteiger charge is -2.22. The highest BCUT2D eigenvalue weighted by atomic mass is 16.2. The Kier molecular flexibility index (Phi) is 12.4. The summed E-state index contributed by atoms with van der Waals surface area (Å²) < 4.78 is 0. The first-order valence-electron chi connectivity index (χ1n) is 7.44. The third-order valence-electron chi connectivity index (χ3n) is 3.13. The van der Waals surface area contributed by atoms with Crippen LogP contribution in [0.2, 0.25) is 0 Å². The molecule has 118 valence electrons. The quantitative estimate of drug-likeness (QED) is 0.430. The van der Waals surface area contributed by atoms with E-state index in [1.54, 1.807) is 0 Å². The molecular weight excluding hydrogens is 256 g/mol. The van der Waals surface area contributed by atoms with E-state index >= 15 is 0 Å². The first kappa shape index (κ1) is 19.0. The highest BCUT2D eigenvalue weighted by Gasteiger charge is 2.07. The minimum atomic E-state index is -0.0333. The van der Waals surface area contributed by atoms with E-state index in [1.165, 1.54) is 0 Å². The Bertz CT molecular complexity index is 264. The van der Waals surface area contributed by atoms with Crippen LogP contribution in [-0.2, 0) is 9.59 Å². The number of likely N-dealkylation sites (N-methyl/N-ethyl adjacent to an activating group) is 2. The summed E-state index contributed by atoms with van der Waals surface area (Å²) >= 11 is 0. The van der Waals surface area contributed by atoms with Gasteiger partial charge in [0, 0.05) is 58.5 Å². The summed E-state index contributed by atoms with van der Waals surface area (Å²) in [6, 6.07) is 0. The molecule has 0 heterocycles. The standard InChI is InChI=1S/C14H30N4O2/c1-4-13(19)5-6-14(20)17-9-12-18(10-7-15-2)11-8-16-3/h15-16H,4-12H2,1-3H3,(H,17,20). The molecule has 20 heavy (non-hydrogen) atoms. The lowest BCUT2D eigenvalue weighted by Crippen LogP contribution is -2.40. The number of Topliss-reactive ketones (excluding diaryl/α,β-unsaturated/α-hetero) is 1. The van der Waals surface area contributed by atoms with Gasteiger partial charge in [-0.15, -0.1) is 0 Å². The van der Waals surface area contributed by atoms with E-state index in [9.17, 15) is 9.59 Å². The van der Waals surface area contributed by atoms with Gasteiger partial charge in [0.15, 0.2) is 0 Å². The van der Waals surface area contributed by atoms with Gasteiger partial charge in [0.2, 0.25) is 5.91 Å². The topological polar surface area (TPSA) is 73.5 Å². The van der Waals surface area contributed by atoms with Crippen molar-refractivity contribution in [2.45, 2.75) is 26.2 Å². The molecular formula is C14H30N4O2. The summed E-state index contributed by atoms with van der Waals surface area (Å²) in [6.45, 7) is 7.07. The van der Waals surface area contributed by atoms with Crippen LogP contribution in [0.4, 0.5) is 0 Å². The zero-order chi connectivity index (χ0) is 15.2. The number of hydrogen-bond acceptors (Lipinski definition) is 5. The van der Waals surface area contributed by atoms with Gasteiger partial charge in [-0.3, -0.25) is 14.5 Å². The largest absolute Gasteiger partial charge is 0.355 e. The molecule has 0 fully saturated rings. The highest BCUT2D eigenvalue weighted by Crippen LogP contribution is 1.94. The molecule has 0 aromatic carbocycles. The molecule has 0 atom stereocenters. The molecule has 0 aromatic rings. The zero-order valence-electron chi connectivity index (χ0n) is 13.1. The number of nitrogens with one attached hydrogen (secondary N) is 3. The van der Waals surface area contributed by atoms with Crippen molar-refractivity contribution in [2.75, 3.05) is 53.4 Å². The summed E-state index contributed by atoms with van der Waals surface area (Å²) in [6.07, 6.45) is 1.17. The minimum absolute atomic E-state index is 0.0333. The maximum atomic E-state index is 11.6. The summed E-state index contributed by atoms with van der Waals surface area (Å²) in [4.78, 5) is 25.0. The first-order valence-corrected chi connectivity index (χ1v) is 7.44. The lowest BCUT2D eigenvalue weighted by atomic mass is 10.2. The summed E-state index contributed by atoms with van der Waals surface area (Å²) in [5.74, 6) is 0.110. The highest BCUT2D eigenvalue weighted by molar-refractivity contribution is 5.84. The smallest absolute Gasteiger partial charge is 0.220 e. The molecule has 0 spiro atoms. The number of amides is 1. The fourth-order valence-electron chi connectivity index (χ4n) is 1.75. The average Bonchev–Trinajstić information content (AvgIpc) is 2.46. The van der Waals surface area contributed by atoms with Crippen molar-refractivity contribution in [3.8, 4) is 0 Å². The van der Waals surface area contributed by atoms with E-state index in [0.717, 1.165) is 32.7 Å². The SMILES string of the molecule is CCC(=O)CCC(=O)NCCN(CCNC)CCNC.